The SMILES string of the molecule is O=C1/C(=C/c2ccc3c(c2)OCO3)SC(=S)N1CCC(=O)N1CCCC[C@@H]1CCO. The maximum atomic E-state index is 12.8. The Kier molecular flexibility index (Phi) is 6.60. The van der Waals surface area contributed by atoms with Crippen LogP contribution in [0.15, 0.2) is 23.1 Å². The Hall–Kier alpha value is -2.10. The number of benzene rings is 1. The van der Waals surface area contributed by atoms with Gasteiger partial charge >= 0.3 is 0 Å². The minimum Gasteiger partial charge on any atom is -0.454 e. The van der Waals surface area contributed by atoms with Crippen molar-refractivity contribution in [3.63, 3.8) is 0 Å². The van der Waals surface area contributed by atoms with Gasteiger partial charge in [-0.2, -0.15) is 0 Å². The molecule has 0 saturated carbocycles. The molecule has 0 aliphatic carbocycles. The Morgan fingerprint density at radius 1 is 1.30 bits per heavy atom. The second-order valence-corrected chi connectivity index (χ2v) is 9.12. The van der Waals surface area contributed by atoms with E-state index in [2.05, 4.69) is 0 Å². The molecule has 3 aliphatic heterocycles. The molecule has 0 aromatic heterocycles. The summed E-state index contributed by atoms with van der Waals surface area (Å²) < 4.78 is 11.2. The monoisotopic (exact) mass is 448 g/mol. The van der Waals surface area contributed by atoms with Crippen molar-refractivity contribution in [3.05, 3.63) is 28.7 Å². The number of hydrogen-bond donors (Lipinski definition) is 1. The minimum absolute atomic E-state index is 0.0157. The van der Waals surface area contributed by atoms with Crippen molar-refractivity contribution >= 4 is 46.2 Å². The van der Waals surface area contributed by atoms with Gasteiger partial charge in [0, 0.05) is 32.2 Å². The van der Waals surface area contributed by atoms with Gasteiger partial charge in [-0.05, 0) is 49.5 Å². The molecule has 2 fully saturated rings. The minimum atomic E-state index is -0.180. The van der Waals surface area contributed by atoms with Gasteiger partial charge in [-0.1, -0.05) is 30.0 Å². The van der Waals surface area contributed by atoms with Crippen molar-refractivity contribution in [2.45, 2.75) is 38.1 Å². The van der Waals surface area contributed by atoms with E-state index < -0.39 is 0 Å². The average molecular weight is 449 g/mol. The van der Waals surface area contributed by atoms with E-state index in [0.29, 0.717) is 33.7 Å². The van der Waals surface area contributed by atoms with Crippen LogP contribution in [0.25, 0.3) is 6.08 Å². The molecule has 0 bridgehead atoms. The second-order valence-electron chi connectivity index (χ2n) is 7.45. The molecule has 9 heteroatoms. The molecule has 7 nitrogen and oxygen atoms in total. The number of amides is 2. The second kappa shape index (κ2) is 9.36. The van der Waals surface area contributed by atoms with Crippen LogP contribution in [0.1, 0.15) is 37.7 Å². The van der Waals surface area contributed by atoms with Crippen molar-refractivity contribution in [1.82, 2.24) is 9.80 Å². The number of ether oxygens (including phenoxy) is 2. The summed E-state index contributed by atoms with van der Waals surface area (Å²) in [4.78, 5) is 29.5. The molecule has 0 spiro atoms. The number of hydrogen-bond acceptors (Lipinski definition) is 7. The molecule has 3 heterocycles. The Morgan fingerprint density at radius 3 is 2.97 bits per heavy atom. The fourth-order valence-electron chi connectivity index (χ4n) is 3.98. The number of fused-ring (bicyclic) bond motifs is 1. The highest BCUT2D eigenvalue weighted by Gasteiger charge is 2.33. The molecular formula is C21H24N2O5S2. The summed E-state index contributed by atoms with van der Waals surface area (Å²) in [6.45, 7) is 1.26. The number of aliphatic hydroxyl groups excluding tert-OH is 1. The molecule has 3 aliphatic rings. The number of thioether (sulfide) groups is 1. The van der Waals surface area contributed by atoms with Crippen LogP contribution in [-0.2, 0) is 9.59 Å². The molecule has 2 amide bonds. The zero-order chi connectivity index (χ0) is 21.1. The van der Waals surface area contributed by atoms with Crippen molar-refractivity contribution < 1.29 is 24.2 Å². The van der Waals surface area contributed by atoms with E-state index in [0.717, 1.165) is 24.8 Å². The summed E-state index contributed by atoms with van der Waals surface area (Å²) in [6, 6.07) is 5.60. The Balaban J connectivity index is 1.39. The van der Waals surface area contributed by atoms with Crippen LogP contribution in [0.5, 0.6) is 11.5 Å². The highest BCUT2D eigenvalue weighted by atomic mass is 32.2. The van der Waals surface area contributed by atoms with Gasteiger partial charge in [-0.25, -0.2) is 0 Å². The molecule has 1 aromatic carbocycles. The summed E-state index contributed by atoms with van der Waals surface area (Å²) in [5.41, 5.74) is 0.830. The molecule has 1 aromatic rings. The standard InChI is InChI=1S/C21H24N2O5S2/c24-10-7-15-3-1-2-8-22(15)19(25)6-9-23-20(26)18(30-21(23)29)12-14-4-5-16-17(11-14)28-13-27-16/h4-5,11-12,15,24H,1-3,6-10,13H2/b18-12-/t15-/m1/s1. The third kappa shape index (κ3) is 4.48. The lowest BCUT2D eigenvalue weighted by Crippen LogP contribution is -2.45. The maximum absolute atomic E-state index is 12.8. The van der Waals surface area contributed by atoms with E-state index in [4.69, 9.17) is 21.7 Å². The van der Waals surface area contributed by atoms with Gasteiger partial charge < -0.3 is 19.5 Å². The van der Waals surface area contributed by atoms with Gasteiger partial charge in [0.2, 0.25) is 12.7 Å². The molecule has 0 radical (unpaired) electrons. The Morgan fingerprint density at radius 2 is 2.13 bits per heavy atom. The van der Waals surface area contributed by atoms with E-state index in [1.807, 2.05) is 23.1 Å². The maximum Gasteiger partial charge on any atom is 0.266 e. The predicted octanol–water partition coefficient (Wildman–Crippen LogP) is 2.77. The van der Waals surface area contributed by atoms with Crippen molar-refractivity contribution in [1.29, 1.82) is 0 Å². The highest BCUT2D eigenvalue weighted by Crippen LogP contribution is 2.36. The number of aliphatic hydroxyl groups is 1. The third-order valence-electron chi connectivity index (χ3n) is 5.53. The zero-order valence-electron chi connectivity index (χ0n) is 16.5. The van der Waals surface area contributed by atoms with E-state index in [1.54, 1.807) is 6.08 Å². The van der Waals surface area contributed by atoms with Gasteiger partial charge in [0.05, 0.1) is 4.91 Å². The largest absolute Gasteiger partial charge is 0.454 e. The molecule has 4 rings (SSSR count). The smallest absolute Gasteiger partial charge is 0.266 e. The lowest BCUT2D eigenvalue weighted by Gasteiger charge is -2.36. The first-order chi connectivity index (χ1) is 14.6. The molecule has 1 N–H and O–H groups in total. The molecule has 1 atom stereocenters. The molecule has 0 unspecified atom stereocenters. The first-order valence-electron chi connectivity index (χ1n) is 10.1. The van der Waals surface area contributed by atoms with Gasteiger partial charge in [-0.3, -0.25) is 14.5 Å². The van der Waals surface area contributed by atoms with E-state index in [1.165, 1.54) is 16.7 Å². The fraction of sp³-hybridized carbons (Fsp3) is 0.476. The van der Waals surface area contributed by atoms with E-state index >= 15 is 0 Å². The molecule has 160 valence electrons. The van der Waals surface area contributed by atoms with Gasteiger partial charge in [0.1, 0.15) is 4.32 Å². The van der Waals surface area contributed by atoms with E-state index in [-0.39, 0.29) is 44.2 Å². The molecular weight excluding hydrogens is 424 g/mol. The summed E-state index contributed by atoms with van der Waals surface area (Å²) in [5, 5.41) is 9.26. The number of rotatable bonds is 6. The van der Waals surface area contributed by atoms with Crippen LogP contribution in [0.3, 0.4) is 0 Å². The van der Waals surface area contributed by atoms with Crippen molar-refractivity contribution in [3.8, 4) is 11.5 Å². The van der Waals surface area contributed by atoms with Crippen LogP contribution < -0.4 is 9.47 Å². The lowest BCUT2D eigenvalue weighted by molar-refractivity contribution is -0.135. The zero-order valence-corrected chi connectivity index (χ0v) is 18.2. The van der Waals surface area contributed by atoms with Gasteiger partial charge in [0.25, 0.3) is 5.91 Å². The van der Waals surface area contributed by atoms with Crippen LogP contribution in [-0.4, -0.2) is 63.6 Å². The lowest BCUT2D eigenvalue weighted by atomic mass is 9.99. The van der Waals surface area contributed by atoms with E-state index in [9.17, 15) is 14.7 Å². The van der Waals surface area contributed by atoms with Crippen LogP contribution in [0.4, 0.5) is 0 Å². The summed E-state index contributed by atoms with van der Waals surface area (Å²) in [6.07, 6.45) is 5.59. The third-order valence-corrected chi connectivity index (χ3v) is 6.90. The number of piperidine rings is 1. The first kappa shape index (κ1) is 21.1. The Bertz CT molecular complexity index is 886. The van der Waals surface area contributed by atoms with Crippen molar-refractivity contribution in [2.75, 3.05) is 26.5 Å². The topological polar surface area (TPSA) is 79.3 Å². The van der Waals surface area contributed by atoms with Crippen LogP contribution in [0, 0.1) is 0 Å². The highest BCUT2D eigenvalue weighted by molar-refractivity contribution is 8.26. The first-order valence-corrected chi connectivity index (χ1v) is 11.3. The number of carbonyl (C=O) groups excluding carboxylic acids is 2. The number of nitrogens with zero attached hydrogens (tertiary/aromatic N) is 2. The number of carbonyl (C=O) groups is 2. The molecule has 30 heavy (non-hydrogen) atoms. The summed E-state index contributed by atoms with van der Waals surface area (Å²) >= 11 is 6.63. The normalized spacial score (nSPS) is 22.3. The summed E-state index contributed by atoms with van der Waals surface area (Å²) in [7, 11) is 0. The van der Waals surface area contributed by atoms with Crippen LogP contribution in [0.2, 0.25) is 0 Å². The number of likely N-dealkylation sites (tertiary alicyclic amines) is 1. The molecule has 2 saturated heterocycles. The van der Waals surface area contributed by atoms with Crippen LogP contribution >= 0.6 is 24.0 Å². The van der Waals surface area contributed by atoms with Crippen molar-refractivity contribution in [2.24, 2.45) is 0 Å². The van der Waals surface area contributed by atoms with Gasteiger partial charge in [-0.15, -0.1) is 0 Å². The quantitative estimate of drug-likeness (QED) is 0.530. The summed E-state index contributed by atoms with van der Waals surface area (Å²) in [5.74, 6) is 1.18. The average Bonchev–Trinajstić information content (AvgIpc) is 3.31. The number of thiocarbonyl (C=S) groups is 1. The fourth-order valence-corrected chi connectivity index (χ4v) is 5.28. The Labute approximate surface area is 185 Å². The predicted molar refractivity (Wildman–Crippen MR) is 118 cm³/mol. The van der Waals surface area contributed by atoms with Gasteiger partial charge in [0.15, 0.2) is 11.5 Å².